The summed E-state index contributed by atoms with van der Waals surface area (Å²) >= 11 is 1.64. The number of hydrogen-bond acceptors (Lipinski definition) is 4. The van der Waals surface area contributed by atoms with Gasteiger partial charge in [-0.3, -0.25) is 4.40 Å². The Morgan fingerprint density at radius 3 is 3.00 bits per heavy atom. The lowest BCUT2D eigenvalue weighted by Crippen LogP contribution is -1.97. The third kappa shape index (κ3) is 1.77. The predicted octanol–water partition coefficient (Wildman–Crippen LogP) is 3.22. The molecule has 2 aromatic heterocycles. The van der Waals surface area contributed by atoms with Crippen molar-refractivity contribution >= 4 is 16.3 Å². The van der Waals surface area contributed by atoms with Crippen molar-refractivity contribution in [1.82, 2.24) is 9.38 Å². The summed E-state index contributed by atoms with van der Waals surface area (Å²) in [6.45, 7) is 1.43. The molecule has 0 radical (unpaired) electrons. The van der Waals surface area contributed by atoms with Crippen molar-refractivity contribution < 1.29 is 9.47 Å². The number of imidazole rings is 1. The van der Waals surface area contributed by atoms with Gasteiger partial charge < -0.3 is 9.47 Å². The fraction of sp³-hybridized carbons (Fsp3) is 0.214. The number of nitrogens with zero attached hydrogens (tertiary/aromatic N) is 2. The minimum atomic E-state index is 0.709. The lowest BCUT2D eigenvalue weighted by atomic mass is 10.1. The highest BCUT2D eigenvalue weighted by atomic mass is 32.1. The second kappa shape index (κ2) is 4.28. The maximum atomic E-state index is 5.73. The number of thiazole rings is 1. The van der Waals surface area contributed by atoms with Crippen molar-refractivity contribution in [3.8, 4) is 22.8 Å². The first kappa shape index (κ1) is 10.9. The molecule has 0 spiro atoms. The molecule has 3 heterocycles. The van der Waals surface area contributed by atoms with Crippen LogP contribution < -0.4 is 9.47 Å². The Balaban J connectivity index is 1.84. The Bertz CT molecular complexity index is 732. The minimum absolute atomic E-state index is 0.709. The first-order chi connectivity index (χ1) is 9.42. The van der Waals surface area contributed by atoms with E-state index in [1.807, 2.05) is 24.5 Å². The van der Waals surface area contributed by atoms with Crippen LogP contribution in [0.15, 0.2) is 36.0 Å². The zero-order valence-electron chi connectivity index (χ0n) is 10.2. The van der Waals surface area contributed by atoms with Gasteiger partial charge in [-0.2, -0.15) is 0 Å². The van der Waals surface area contributed by atoms with Crippen LogP contribution in [0.25, 0.3) is 16.2 Å². The van der Waals surface area contributed by atoms with Gasteiger partial charge in [0.15, 0.2) is 16.5 Å². The van der Waals surface area contributed by atoms with Crippen molar-refractivity contribution in [3.05, 3.63) is 36.0 Å². The van der Waals surface area contributed by atoms with Gasteiger partial charge in [0.2, 0.25) is 0 Å². The van der Waals surface area contributed by atoms with Crippen LogP contribution in [0.4, 0.5) is 0 Å². The third-order valence-electron chi connectivity index (χ3n) is 3.19. The van der Waals surface area contributed by atoms with E-state index in [9.17, 15) is 0 Å². The molecular formula is C14H12N2O2S. The van der Waals surface area contributed by atoms with Gasteiger partial charge in [-0.25, -0.2) is 4.98 Å². The van der Waals surface area contributed by atoms with E-state index in [1.54, 1.807) is 11.3 Å². The van der Waals surface area contributed by atoms with Crippen molar-refractivity contribution in [3.63, 3.8) is 0 Å². The number of fused-ring (bicyclic) bond motifs is 2. The summed E-state index contributed by atoms with van der Waals surface area (Å²) in [4.78, 5) is 5.29. The van der Waals surface area contributed by atoms with Gasteiger partial charge in [-0.15, -0.1) is 11.3 Å². The zero-order chi connectivity index (χ0) is 12.7. The molecule has 0 saturated heterocycles. The van der Waals surface area contributed by atoms with E-state index in [4.69, 9.17) is 9.47 Å². The Kier molecular flexibility index (Phi) is 2.45. The predicted molar refractivity (Wildman–Crippen MR) is 74.1 cm³/mol. The second-order valence-corrected chi connectivity index (χ2v) is 5.25. The molecular weight excluding hydrogens is 260 g/mol. The topological polar surface area (TPSA) is 35.8 Å². The van der Waals surface area contributed by atoms with Gasteiger partial charge in [0.25, 0.3) is 0 Å². The van der Waals surface area contributed by atoms with Crippen LogP contribution >= 0.6 is 11.3 Å². The summed E-state index contributed by atoms with van der Waals surface area (Å²) in [6, 6.07) is 6.09. The first-order valence-corrected chi connectivity index (χ1v) is 7.10. The van der Waals surface area contributed by atoms with Gasteiger partial charge in [0.1, 0.15) is 0 Å². The Hall–Kier alpha value is -2.01. The average molecular weight is 272 g/mol. The zero-order valence-corrected chi connectivity index (χ0v) is 11.0. The maximum Gasteiger partial charge on any atom is 0.194 e. The highest BCUT2D eigenvalue weighted by molar-refractivity contribution is 7.15. The molecule has 96 valence electrons. The average Bonchev–Trinajstić information content (AvgIpc) is 2.95. The summed E-state index contributed by atoms with van der Waals surface area (Å²) in [5, 5.41) is 2.11. The molecule has 0 saturated carbocycles. The molecule has 0 bridgehead atoms. The van der Waals surface area contributed by atoms with E-state index < -0.39 is 0 Å². The fourth-order valence-corrected chi connectivity index (χ4v) is 3.12. The second-order valence-electron chi connectivity index (χ2n) is 4.41. The molecule has 3 aromatic rings. The lowest BCUT2D eigenvalue weighted by molar-refractivity contribution is 0.297. The standard InChI is InChI=1S/C14H12N2O2S/c1-6-17-12-3-2-10(8-13(12)18-7-1)11-9-19-14-15-4-5-16(11)14/h2-5,8-9H,1,6-7H2. The van der Waals surface area contributed by atoms with Crippen molar-refractivity contribution in [1.29, 1.82) is 0 Å². The van der Waals surface area contributed by atoms with Crippen LogP contribution in [-0.4, -0.2) is 22.6 Å². The monoisotopic (exact) mass is 272 g/mol. The summed E-state index contributed by atoms with van der Waals surface area (Å²) < 4.78 is 13.5. The summed E-state index contributed by atoms with van der Waals surface area (Å²) in [5.74, 6) is 1.66. The Labute approximate surface area is 114 Å². The van der Waals surface area contributed by atoms with E-state index in [2.05, 4.69) is 20.8 Å². The van der Waals surface area contributed by atoms with Crippen LogP contribution in [0.1, 0.15) is 6.42 Å². The van der Waals surface area contributed by atoms with E-state index in [0.29, 0.717) is 6.61 Å². The fourth-order valence-electron chi connectivity index (χ4n) is 2.26. The van der Waals surface area contributed by atoms with Crippen molar-refractivity contribution in [2.45, 2.75) is 6.42 Å². The summed E-state index contributed by atoms with van der Waals surface area (Å²) in [6.07, 6.45) is 4.72. The lowest BCUT2D eigenvalue weighted by Gasteiger charge is -2.08. The number of aromatic nitrogens is 2. The minimum Gasteiger partial charge on any atom is -0.490 e. The SMILES string of the molecule is c1cn2c(-c3ccc4c(c3)OCCCO4)csc2n1. The molecule has 0 N–H and O–H groups in total. The van der Waals surface area contributed by atoms with E-state index in [-0.39, 0.29) is 0 Å². The summed E-state index contributed by atoms with van der Waals surface area (Å²) in [7, 11) is 0. The normalized spacial score (nSPS) is 14.5. The highest BCUT2D eigenvalue weighted by Gasteiger charge is 2.13. The Morgan fingerprint density at radius 1 is 1.16 bits per heavy atom. The molecule has 5 heteroatoms. The third-order valence-corrected chi connectivity index (χ3v) is 4.04. The highest BCUT2D eigenvalue weighted by Crippen LogP contribution is 2.35. The number of hydrogen-bond donors (Lipinski definition) is 0. The Morgan fingerprint density at radius 2 is 2.05 bits per heavy atom. The van der Waals surface area contributed by atoms with Crippen LogP contribution in [0.5, 0.6) is 11.5 Å². The molecule has 0 unspecified atom stereocenters. The molecule has 19 heavy (non-hydrogen) atoms. The molecule has 0 amide bonds. The number of rotatable bonds is 1. The largest absolute Gasteiger partial charge is 0.490 e. The van der Waals surface area contributed by atoms with Crippen LogP contribution in [0, 0.1) is 0 Å². The first-order valence-electron chi connectivity index (χ1n) is 6.22. The van der Waals surface area contributed by atoms with Crippen LogP contribution in [0.3, 0.4) is 0 Å². The van der Waals surface area contributed by atoms with Crippen molar-refractivity contribution in [2.75, 3.05) is 13.2 Å². The van der Waals surface area contributed by atoms with Crippen LogP contribution in [0.2, 0.25) is 0 Å². The van der Waals surface area contributed by atoms with Crippen LogP contribution in [-0.2, 0) is 0 Å². The number of ether oxygens (including phenoxy) is 2. The smallest absolute Gasteiger partial charge is 0.194 e. The van der Waals surface area contributed by atoms with Gasteiger partial charge in [-0.05, 0) is 18.2 Å². The molecule has 1 aliphatic heterocycles. The van der Waals surface area contributed by atoms with E-state index >= 15 is 0 Å². The van der Waals surface area contributed by atoms with Gasteiger partial charge in [0, 0.05) is 29.8 Å². The molecule has 1 aromatic carbocycles. The molecule has 0 aliphatic carbocycles. The molecule has 4 nitrogen and oxygen atoms in total. The van der Waals surface area contributed by atoms with Gasteiger partial charge in [-0.1, -0.05) is 0 Å². The van der Waals surface area contributed by atoms with Gasteiger partial charge >= 0.3 is 0 Å². The molecule has 4 rings (SSSR count). The van der Waals surface area contributed by atoms with E-state index in [1.165, 1.54) is 0 Å². The van der Waals surface area contributed by atoms with Crippen molar-refractivity contribution in [2.24, 2.45) is 0 Å². The van der Waals surface area contributed by atoms with Gasteiger partial charge in [0.05, 0.1) is 18.9 Å². The quantitative estimate of drug-likeness (QED) is 0.682. The molecule has 1 aliphatic rings. The van der Waals surface area contributed by atoms with E-state index in [0.717, 1.165) is 40.7 Å². The number of benzene rings is 1. The molecule has 0 fully saturated rings. The molecule has 0 atom stereocenters. The maximum absolute atomic E-state index is 5.73. The summed E-state index contributed by atoms with van der Waals surface area (Å²) in [5.41, 5.74) is 2.25.